The highest BCUT2D eigenvalue weighted by atomic mass is 35.5. The zero-order valence-electron chi connectivity index (χ0n) is 14.6. The van der Waals surface area contributed by atoms with Gasteiger partial charge in [-0.05, 0) is 55.5 Å². The number of halogens is 2. The molecule has 0 aliphatic heterocycles. The Labute approximate surface area is 176 Å². The Morgan fingerprint density at radius 3 is 2.43 bits per heavy atom. The number of aryl methyl sites for hydroxylation is 1. The molecule has 0 saturated carbocycles. The van der Waals surface area contributed by atoms with Crippen LogP contribution in [0.4, 0.5) is 5.69 Å². The molecular formula is C20H14Cl2N2O2S2. The van der Waals surface area contributed by atoms with Crippen molar-refractivity contribution >= 4 is 60.5 Å². The van der Waals surface area contributed by atoms with E-state index in [1.54, 1.807) is 48.5 Å². The van der Waals surface area contributed by atoms with Crippen molar-refractivity contribution in [3.05, 3.63) is 76.3 Å². The summed E-state index contributed by atoms with van der Waals surface area (Å²) in [6, 6.07) is 17.2. The van der Waals surface area contributed by atoms with Crippen LogP contribution in [0.15, 0.2) is 65.6 Å². The standard InChI is InChI=1S/C20H14Cl2N2O2S2/c1-12-2-6-15(7-3-12)28(25,26)24-14-5-8-16(17(22)11-14)20-23-18-9-4-13(21)10-19(18)27-20/h2-11,24H,1H3. The second-order valence-electron chi connectivity index (χ2n) is 6.24. The van der Waals surface area contributed by atoms with E-state index in [2.05, 4.69) is 9.71 Å². The molecule has 0 atom stereocenters. The van der Waals surface area contributed by atoms with E-state index in [9.17, 15) is 8.42 Å². The number of fused-ring (bicyclic) bond motifs is 1. The third-order valence-corrected chi connectivity index (χ3v) is 7.13. The first kappa shape index (κ1) is 19.2. The van der Waals surface area contributed by atoms with Gasteiger partial charge in [0.1, 0.15) is 5.01 Å². The van der Waals surface area contributed by atoms with E-state index in [0.717, 1.165) is 26.4 Å². The van der Waals surface area contributed by atoms with Crippen LogP contribution in [0.25, 0.3) is 20.8 Å². The first-order valence-electron chi connectivity index (χ1n) is 8.27. The monoisotopic (exact) mass is 448 g/mol. The average Bonchev–Trinajstić information content (AvgIpc) is 3.04. The molecule has 0 unspecified atom stereocenters. The highest BCUT2D eigenvalue weighted by Crippen LogP contribution is 2.36. The van der Waals surface area contributed by atoms with Gasteiger partial charge in [0.15, 0.2) is 0 Å². The largest absolute Gasteiger partial charge is 0.280 e. The summed E-state index contributed by atoms with van der Waals surface area (Å²) in [5, 5.41) is 1.80. The molecule has 0 bridgehead atoms. The van der Waals surface area contributed by atoms with Crippen LogP contribution in [0.2, 0.25) is 10.0 Å². The lowest BCUT2D eigenvalue weighted by molar-refractivity contribution is 0.601. The van der Waals surface area contributed by atoms with Crippen molar-refractivity contribution in [1.82, 2.24) is 4.98 Å². The van der Waals surface area contributed by atoms with Crippen molar-refractivity contribution in [3.8, 4) is 10.6 Å². The van der Waals surface area contributed by atoms with E-state index in [1.165, 1.54) is 11.3 Å². The predicted octanol–water partition coefficient (Wildman–Crippen LogP) is 6.38. The number of nitrogens with one attached hydrogen (secondary N) is 1. The maximum atomic E-state index is 12.6. The molecule has 1 N–H and O–H groups in total. The van der Waals surface area contributed by atoms with Crippen LogP contribution in [0.3, 0.4) is 0 Å². The van der Waals surface area contributed by atoms with Crippen LogP contribution in [0, 0.1) is 6.92 Å². The summed E-state index contributed by atoms with van der Waals surface area (Å²) in [5.74, 6) is 0. The van der Waals surface area contributed by atoms with Gasteiger partial charge < -0.3 is 0 Å². The normalized spacial score (nSPS) is 11.7. The summed E-state index contributed by atoms with van der Waals surface area (Å²) in [6.45, 7) is 1.90. The number of anilines is 1. The van der Waals surface area contributed by atoms with E-state index in [-0.39, 0.29) is 4.90 Å². The molecule has 0 radical (unpaired) electrons. The van der Waals surface area contributed by atoms with E-state index < -0.39 is 10.0 Å². The number of hydrogen-bond donors (Lipinski definition) is 1. The lowest BCUT2D eigenvalue weighted by Gasteiger charge is -2.10. The molecule has 0 spiro atoms. The molecule has 4 nitrogen and oxygen atoms in total. The Balaban J connectivity index is 1.64. The first-order chi connectivity index (χ1) is 13.3. The summed E-state index contributed by atoms with van der Waals surface area (Å²) in [6.07, 6.45) is 0. The topological polar surface area (TPSA) is 59.1 Å². The highest BCUT2D eigenvalue weighted by molar-refractivity contribution is 7.92. The molecule has 1 heterocycles. The molecule has 4 aromatic rings. The first-order valence-corrected chi connectivity index (χ1v) is 11.3. The van der Waals surface area contributed by atoms with Gasteiger partial charge in [0, 0.05) is 10.6 Å². The van der Waals surface area contributed by atoms with E-state index in [4.69, 9.17) is 23.2 Å². The third-order valence-electron chi connectivity index (χ3n) is 4.13. The van der Waals surface area contributed by atoms with Crippen LogP contribution in [-0.2, 0) is 10.0 Å². The SMILES string of the molecule is Cc1ccc(S(=O)(=O)Nc2ccc(-c3nc4ccc(Cl)cc4s3)c(Cl)c2)cc1. The smallest absolute Gasteiger partial charge is 0.261 e. The molecule has 0 aliphatic carbocycles. The Kier molecular flexibility index (Phi) is 5.05. The average molecular weight is 449 g/mol. The zero-order chi connectivity index (χ0) is 19.9. The summed E-state index contributed by atoms with van der Waals surface area (Å²) in [4.78, 5) is 4.78. The molecule has 0 saturated heterocycles. The Morgan fingerprint density at radius 1 is 0.964 bits per heavy atom. The van der Waals surface area contributed by atoms with Crippen molar-refractivity contribution < 1.29 is 8.42 Å². The minimum Gasteiger partial charge on any atom is -0.280 e. The van der Waals surface area contributed by atoms with E-state index in [1.807, 2.05) is 19.1 Å². The number of aromatic nitrogens is 1. The van der Waals surface area contributed by atoms with Gasteiger partial charge in [0.25, 0.3) is 10.0 Å². The predicted molar refractivity (Wildman–Crippen MR) is 117 cm³/mol. The van der Waals surface area contributed by atoms with Gasteiger partial charge in [-0.2, -0.15) is 0 Å². The number of nitrogens with zero attached hydrogens (tertiary/aromatic N) is 1. The second kappa shape index (κ2) is 7.37. The fourth-order valence-corrected chi connectivity index (χ4v) is 5.35. The lowest BCUT2D eigenvalue weighted by Crippen LogP contribution is -2.12. The summed E-state index contributed by atoms with van der Waals surface area (Å²) in [5.41, 5.74) is 2.95. The summed E-state index contributed by atoms with van der Waals surface area (Å²) in [7, 11) is -3.69. The molecular weight excluding hydrogens is 435 g/mol. The molecule has 0 amide bonds. The number of benzene rings is 3. The molecule has 8 heteroatoms. The van der Waals surface area contributed by atoms with Crippen LogP contribution in [-0.4, -0.2) is 13.4 Å². The van der Waals surface area contributed by atoms with Crippen molar-refractivity contribution in [2.75, 3.05) is 4.72 Å². The Morgan fingerprint density at radius 2 is 1.71 bits per heavy atom. The van der Waals surface area contributed by atoms with Gasteiger partial charge in [0.2, 0.25) is 0 Å². The minimum absolute atomic E-state index is 0.196. The van der Waals surface area contributed by atoms with Crippen LogP contribution in [0.1, 0.15) is 5.56 Å². The van der Waals surface area contributed by atoms with Crippen molar-refractivity contribution in [2.24, 2.45) is 0 Å². The van der Waals surface area contributed by atoms with Gasteiger partial charge in [-0.3, -0.25) is 4.72 Å². The fourth-order valence-electron chi connectivity index (χ4n) is 2.70. The molecule has 1 aromatic heterocycles. The highest BCUT2D eigenvalue weighted by Gasteiger charge is 2.16. The molecule has 28 heavy (non-hydrogen) atoms. The number of rotatable bonds is 4. The van der Waals surface area contributed by atoms with Crippen molar-refractivity contribution in [1.29, 1.82) is 0 Å². The van der Waals surface area contributed by atoms with Crippen molar-refractivity contribution in [3.63, 3.8) is 0 Å². The third kappa shape index (κ3) is 3.86. The van der Waals surface area contributed by atoms with Crippen LogP contribution >= 0.6 is 34.5 Å². The fraction of sp³-hybridized carbons (Fsp3) is 0.0500. The molecule has 0 fully saturated rings. The molecule has 0 aliphatic rings. The Hall–Kier alpha value is -2.12. The zero-order valence-corrected chi connectivity index (χ0v) is 17.8. The molecule has 3 aromatic carbocycles. The maximum absolute atomic E-state index is 12.6. The number of thiazole rings is 1. The Bertz CT molecular complexity index is 1280. The van der Waals surface area contributed by atoms with Crippen molar-refractivity contribution in [2.45, 2.75) is 11.8 Å². The lowest BCUT2D eigenvalue weighted by atomic mass is 10.2. The van der Waals surface area contributed by atoms with Gasteiger partial charge >= 0.3 is 0 Å². The second-order valence-corrected chi connectivity index (χ2v) is 9.80. The van der Waals surface area contributed by atoms with Gasteiger partial charge in [0.05, 0.1) is 25.8 Å². The summed E-state index contributed by atoms with van der Waals surface area (Å²) >= 11 is 13.9. The van der Waals surface area contributed by atoms with E-state index in [0.29, 0.717) is 15.7 Å². The van der Waals surface area contributed by atoms with Gasteiger partial charge in [-0.1, -0.05) is 40.9 Å². The summed E-state index contributed by atoms with van der Waals surface area (Å²) < 4.78 is 28.6. The molecule has 4 rings (SSSR count). The van der Waals surface area contributed by atoms with Crippen LogP contribution in [0.5, 0.6) is 0 Å². The quantitative estimate of drug-likeness (QED) is 0.393. The number of sulfonamides is 1. The van der Waals surface area contributed by atoms with E-state index >= 15 is 0 Å². The van der Waals surface area contributed by atoms with Gasteiger partial charge in [-0.15, -0.1) is 11.3 Å². The molecule has 142 valence electrons. The van der Waals surface area contributed by atoms with Gasteiger partial charge in [-0.25, -0.2) is 13.4 Å². The maximum Gasteiger partial charge on any atom is 0.261 e. The van der Waals surface area contributed by atoms with Crippen LogP contribution < -0.4 is 4.72 Å². The minimum atomic E-state index is -3.69. The number of hydrogen-bond acceptors (Lipinski definition) is 4.